The highest BCUT2D eigenvalue weighted by Gasteiger charge is 2.20. The third-order valence-electron chi connectivity index (χ3n) is 2.47. The van der Waals surface area contributed by atoms with Crippen LogP contribution in [0.3, 0.4) is 0 Å². The van der Waals surface area contributed by atoms with Crippen molar-refractivity contribution in [3.8, 4) is 5.75 Å². The predicted molar refractivity (Wildman–Crippen MR) is 70.3 cm³/mol. The van der Waals surface area contributed by atoms with Gasteiger partial charge in [0, 0.05) is 12.6 Å². The van der Waals surface area contributed by atoms with Gasteiger partial charge in [0.25, 0.3) is 0 Å². The van der Waals surface area contributed by atoms with Gasteiger partial charge in [-0.2, -0.15) is 0 Å². The van der Waals surface area contributed by atoms with E-state index in [-0.39, 0.29) is 0 Å². The van der Waals surface area contributed by atoms with Gasteiger partial charge in [-0.3, -0.25) is 0 Å². The first kappa shape index (κ1) is 13.5. The maximum absolute atomic E-state index is 5.80. The van der Waals surface area contributed by atoms with Gasteiger partial charge in [0.05, 0.1) is 7.11 Å². The van der Waals surface area contributed by atoms with Crippen LogP contribution in [-0.4, -0.2) is 29.7 Å². The number of anilines is 2. The van der Waals surface area contributed by atoms with E-state index in [1.807, 2.05) is 0 Å². The monoisotopic (exact) mass is 238 g/mol. The Hall–Kier alpha value is -1.52. The fourth-order valence-corrected chi connectivity index (χ4v) is 1.71. The van der Waals surface area contributed by atoms with Crippen LogP contribution in [0.1, 0.15) is 27.7 Å². The van der Waals surface area contributed by atoms with Crippen molar-refractivity contribution in [2.75, 3.05) is 24.3 Å². The van der Waals surface area contributed by atoms with Crippen LogP contribution in [-0.2, 0) is 0 Å². The lowest BCUT2D eigenvalue weighted by Gasteiger charge is -2.30. The number of rotatable bonds is 5. The lowest BCUT2D eigenvalue weighted by Crippen LogP contribution is -2.35. The number of nitrogens with two attached hydrogens (primary N) is 1. The van der Waals surface area contributed by atoms with Crippen molar-refractivity contribution in [3.05, 3.63) is 6.33 Å². The van der Waals surface area contributed by atoms with Crippen LogP contribution in [0.4, 0.5) is 11.6 Å². The molecule has 96 valence electrons. The molecular weight excluding hydrogens is 216 g/mol. The second kappa shape index (κ2) is 5.70. The molecule has 5 nitrogen and oxygen atoms in total. The molecule has 1 aromatic rings. The smallest absolute Gasteiger partial charge is 0.204 e. The van der Waals surface area contributed by atoms with E-state index in [9.17, 15) is 0 Å². The Bertz CT molecular complexity index is 366. The molecule has 2 N–H and O–H groups in total. The number of aromatic nitrogens is 2. The van der Waals surface area contributed by atoms with Gasteiger partial charge in [-0.15, -0.1) is 0 Å². The molecule has 0 amide bonds. The topological polar surface area (TPSA) is 64.3 Å². The van der Waals surface area contributed by atoms with Gasteiger partial charge < -0.3 is 15.4 Å². The Morgan fingerprint density at radius 1 is 1.29 bits per heavy atom. The molecule has 0 unspecified atom stereocenters. The fourth-order valence-electron chi connectivity index (χ4n) is 1.71. The largest absolute Gasteiger partial charge is 0.490 e. The quantitative estimate of drug-likeness (QED) is 0.849. The molecule has 1 aromatic heterocycles. The summed E-state index contributed by atoms with van der Waals surface area (Å²) in [4.78, 5) is 10.4. The highest BCUT2D eigenvalue weighted by Crippen LogP contribution is 2.31. The first-order valence-electron chi connectivity index (χ1n) is 5.88. The molecule has 0 aromatic carbocycles. The third-order valence-corrected chi connectivity index (χ3v) is 2.47. The van der Waals surface area contributed by atoms with Crippen LogP contribution < -0.4 is 15.4 Å². The Kier molecular flexibility index (Phi) is 4.54. The molecule has 0 saturated carbocycles. The van der Waals surface area contributed by atoms with E-state index in [2.05, 4.69) is 42.6 Å². The summed E-state index contributed by atoms with van der Waals surface area (Å²) in [6.45, 7) is 9.50. The molecule has 0 aliphatic heterocycles. The van der Waals surface area contributed by atoms with Gasteiger partial charge in [-0.25, -0.2) is 9.97 Å². The SMILES string of the molecule is COc1c(N)ncnc1N(CC(C)C)C(C)C. The summed E-state index contributed by atoms with van der Waals surface area (Å²) in [7, 11) is 1.59. The number of methoxy groups -OCH3 is 1. The molecule has 0 spiro atoms. The third kappa shape index (κ3) is 3.22. The zero-order chi connectivity index (χ0) is 13.0. The van der Waals surface area contributed by atoms with Crippen molar-refractivity contribution in [1.29, 1.82) is 0 Å². The second-order valence-corrected chi connectivity index (χ2v) is 4.76. The summed E-state index contributed by atoms with van der Waals surface area (Å²) in [5.74, 6) is 2.25. The maximum atomic E-state index is 5.80. The second-order valence-electron chi connectivity index (χ2n) is 4.76. The number of hydrogen-bond acceptors (Lipinski definition) is 5. The van der Waals surface area contributed by atoms with Crippen LogP contribution in [0.15, 0.2) is 6.33 Å². The first-order valence-corrected chi connectivity index (χ1v) is 5.88. The molecular formula is C12H22N4O. The van der Waals surface area contributed by atoms with Crippen LogP contribution in [0, 0.1) is 5.92 Å². The Labute approximate surface area is 103 Å². The lowest BCUT2D eigenvalue weighted by molar-refractivity contribution is 0.410. The minimum absolute atomic E-state index is 0.334. The summed E-state index contributed by atoms with van der Waals surface area (Å²) in [5.41, 5.74) is 5.80. The van der Waals surface area contributed by atoms with Crippen LogP contribution in [0.25, 0.3) is 0 Å². The molecule has 0 radical (unpaired) electrons. The van der Waals surface area contributed by atoms with Gasteiger partial charge in [0.1, 0.15) is 6.33 Å². The van der Waals surface area contributed by atoms with Gasteiger partial charge in [-0.1, -0.05) is 13.8 Å². The highest BCUT2D eigenvalue weighted by atomic mass is 16.5. The molecule has 0 bridgehead atoms. The standard InChI is InChI=1S/C12H22N4O/c1-8(2)6-16(9(3)4)12-10(17-5)11(13)14-7-15-12/h7-9H,6H2,1-5H3,(H2,13,14,15). The van der Waals surface area contributed by atoms with Crippen LogP contribution in [0.2, 0.25) is 0 Å². The molecule has 17 heavy (non-hydrogen) atoms. The molecule has 0 atom stereocenters. The molecule has 0 fully saturated rings. The number of hydrogen-bond donors (Lipinski definition) is 1. The van der Waals surface area contributed by atoms with Crippen molar-refractivity contribution in [2.45, 2.75) is 33.7 Å². The van der Waals surface area contributed by atoms with E-state index in [1.165, 1.54) is 6.33 Å². The Morgan fingerprint density at radius 2 is 1.94 bits per heavy atom. The van der Waals surface area contributed by atoms with Gasteiger partial charge in [0.15, 0.2) is 11.6 Å². The van der Waals surface area contributed by atoms with Crippen LogP contribution >= 0.6 is 0 Å². The predicted octanol–water partition coefficient (Wildman–Crippen LogP) is 1.94. The first-order chi connectivity index (χ1) is 7.97. The average Bonchev–Trinajstić information content (AvgIpc) is 2.25. The molecule has 5 heteroatoms. The molecule has 0 saturated heterocycles. The molecule has 1 rings (SSSR count). The van der Waals surface area contributed by atoms with Gasteiger partial charge in [0.2, 0.25) is 5.75 Å². The summed E-state index contributed by atoms with van der Waals surface area (Å²) < 4.78 is 5.30. The maximum Gasteiger partial charge on any atom is 0.204 e. The summed E-state index contributed by atoms with van der Waals surface area (Å²) in [6, 6.07) is 0.334. The van der Waals surface area contributed by atoms with Gasteiger partial charge in [-0.05, 0) is 19.8 Å². The van der Waals surface area contributed by atoms with Crippen molar-refractivity contribution in [2.24, 2.45) is 5.92 Å². The zero-order valence-electron chi connectivity index (χ0n) is 11.3. The van der Waals surface area contributed by atoms with Crippen molar-refractivity contribution >= 4 is 11.6 Å². The van der Waals surface area contributed by atoms with Crippen molar-refractivity contribution < 1.29 is 4.74 Å². The Balaban J connectivity index is 3.13. The number of nitrogens with zero attached hydrogens (tertiary/aromatic N) is 3. The highest BCUT2D eigenvalue weighted by molar-refractivity contribution is 5.63. The summed E-state index contributed by atoms with van der Waals surface area (Å²) in [6.07, 6.45) is 1.48. The summed E-state index contributed by atoms with van der Waals surface area (Å²) in [5, 5.41) is 0. The Morgan fingerprint density at radius 3 is 2.41 bits per heavy atom. The average molecular weight is 238 g/mol. The number of nitrogen functional groups attached to an aromatic ring is 1. The van der Waals surface area contributed by atoms with E-state index in [0.717, 1.165) is 12.4 Å². The lowest BCUT2D eigenvalue weighted by atomic mass is 10.1. The number of ether oxygens (including phenoxy) is 1. The fraction of sp³-hybridized carbons (Fsp3) is 0.667. The van der Waals surface area contributed by atoms with Crippen LogP contribution in [0.5, 0.6) is 5.75 Å². The van der Waals surface area contributed by atoms with E-state index >= 15 is 0 Å². The zero-order valence-corrected chi connectivity index (χ0v) is 11.3. The molecule has 1 heterocycles. The van der Waals surface area contributed by atoms with E-state index < -0.39 is 0 Å². The molecule has 0 aliphatic carbocycles. The normalized spacial score (nSPS) is 11.0. The van der Waals surface area contributed by atoms with Gasteiger partial charge >= 0.3 is 0 Å². The van der Waals surface area contributed by atoms with E-state index in [4.69, 9.17) is 10.5 Å². The van der Waals surface area contributed by atoms with E-state index in [1.54, 1.807) is 7.11 Å². The minimum Gasteiger partial charge on any atom is -0.490 e. The summed E-state index contributed by atoms with van der Waals surface area (Å²) >= 11 is 0. The van der Waals surface area contributed by atoms with Crippen molar-refractivity contribution in [3.63, 3.8) is 0 Å². The van der Waals surface area contributed by atoms with E-state index in [0.29, 0.717) is 23.5 Å². The van der Waals surface area contributed by atoms with Crippen molar-refractivity contribution in [1.82, 2.24) is 9.97 Å². The minimum atomic E-state index is 0.334. The molecule has 0 aliphatic rings.